The Kier molecular flexibility index (Phi) is 5.20. The Bertz CT molecular complexity index is 3090. The Hall–Kier alpha value is -6.44. The minimum atomic E-state index is -0.338. The smallest absolute Gasteiger partial charge is 0.143 e. The summed E-state index contributed by atoms with van der Waals surface area (Å²) in [6.07, 6.45) is 0. The molecule has 0 saturated carbocycles. The topological polar surface area (TPSA) is 13.1 Å². The number of hydrogen-bond donors (Lipinski definition) is 0. The van der Waals surface area contributed by atoms with Crippen LogP contribution in [-0.2, 0) is 0 Å². The van der Waals surface area contributed by atoms with Crippen molar-refractivity contribution >= 4 is 54.3 Å². The third-order valence-electron chi connectivity index (χ3n) is 9.67. The van der Waals surface area contributed by atoms with Crippen molar-refractivity contribution in [2.45, 2.75) is 0 Å². The van der Waals surface area contributed by atoms with Crippen LogP contribution in [0.15, 0.2) is 186 Å². The molecule has 0 atom stereocenters. The minimum Gasteiger partial charge on any atom is -0.455 e. The third-order valence-corrected chi connectivity index (χ3v) is 9.67. The SMILES string of the molecule is [2H]c1c([2H])c([2H])c2c(c1[2H])c(-c1ccccc1)c([2H])c1c3cc(-c4c5ccccc5c(-c5ccccc5-c5ccccc5)c5ccccc45)ccc3oc21. The quantitative estimate of drug-likeness (QED) is 0.177. The van der Waals surface area contributed by atoms with E-state index in [-0.39, 0.29) is 46.6 Å². The molecular weight excluding hydrogens is 593 g/mol. The molecule has 1 heteroatoms. The molecule has 10 rings (SSSR count). The highest BCUT2D eigenvalue weighted by Crippen LogP contribution is 2.47. The van der Waals surface area contributed by atoms with Crippen LogP contribution in [0.4, 0.5) is 0 Å². The van der Waals surface area contributed by atoms with Gasteiger partial charge in [0.2, 0.25) is 0 Å². The van der Waals surface area contributed by atoms with Gasteiger partial charge in [-0.05, 0) is 89.6 Å². The minimum absolute atomic E-state index is 0.159. The van der Waals surface area contributed by atoms with Crippen LogP contribution >= 0.6 is 0 Å². The van der Waals surface area contributed by atoms with Gasteiger partial charge in [0.05, 0.1) is 6.85 Å². The predicted octanol–water partition coefficient (Wildman–Crippen LogP) is 13.7. The van der Waals surface area contributed by atoms with E-state index < -0.39 is 0 Å². The first-order chi connectivity index (χ1) is 26.4. The van der Waals surface area contributed by atoms with E-state index in [2.05, 4.69) is 109 Å². The summed E-state index contributed by atoms with van der Waals surface area (Å²) in [7, 11) is 0. The molecule has 0 amide bonds. The molecule has 10 aromatic rings. The largest absolute Gasteiger partial charge is 0.455 e. The highest BCUT2D eigenvalue weighted by molar-refractivity contribution is 6.24. The average molecular weight is 628 g/mol. The number of furan rings is 1. The Morgan fingerprint density at radius 2 is 0.898 bits per heavy atom. The van der Waals surface area contributed by atoms with Gasteiger partial charge in [-0.1, -0.05) is 164 Å². The van der Waals surface area contributed by atoms with Crippen LogP contribution in [0.5, 0.6) is 0 Å². The van der Waals surface area contributed by atoms with Crippen LogP contribution in [0.1, 0.15) is 6.85 Å². The Labute approximate surface area is 291 Å². The van der Waals surface area contributed by atoms with Gasteiger partial charge in [-0.15, -0.1) is 0 Å². The summed E-state index contributed by atoms with van der Waals surface area (Å²) in [6, 6.07) is 50.7. The van der Waals surface area contributed by atoms with E-state index in [0.29, 0.717) is 27.5 Å². The molecule has 9 aromatic carbocycles. The lowest BCUT2D eigenvalue weighted by atomic mass is 9.83. The van der Waals surface area contributed by atoms with Crippen molar-refractivity contribution < 1.29 is 11.3 Å². The summed E-state index contributed by atoms with van der Waals surface area (Å²) in [5, 5.41) is 6.24. The maximum Gasteiger partial charge on any atom is 0.143 e. The summed E-state index contributed by atoms with van der Waals surface area (Å²) in [5.74, 6) is 0. The van der Waals surface area contributed by atoms with Crippen molar-refractivity contribution in [2.75, 3.05) is 0 Å². The summed E-state index contributed by atoms with van der Waals surface area (Å²) in [5.41, 5.74) is 8.65. The van der Waals surface area contributed by atoms with Gasteiger partial charge in [0.15, 0.2) is 0 Å². The lowest BCUT2D eigenvalue weighted by Gasteiger charge is -2.19. The molecule has 0 bridgehead atoms. The maximum absolute atomic E-state index is 9.69. The van der Waals surface area contributed by atoms with Crippen molar-refractivity contribution in [3.63, 3.8) is 0 Å². The summed E-state index contributed by atoms with van der Waals surface area (Å²) >= 11 is 0. The van der Waals surface area contributed by atoms with E-state index in [1.165, 1.54) is 5.56 Å². The summed E-state index contributed by atoms with van der Waals surface area (Å²) in [4.78, 5) is 0. The zero-order valence-corrected chi connectivity index (χ0v) is 26.3. The normalized spacial score (nSPS) is 13.1. The lowest BCUT2D eigenvalue weighted by Crippen LogP contribution is -1.92. The average Bonchev–Trinajstić information content (AvgIpc) is 3.61. The molecule has 0 saturated heterocycles. The molecule has 0 unspecified atom stereocenters. The second-order valence-corrected chi connectivity index (χ2v) is 12.4. The highest BCUT2D eigenvalue weighted by atomic mass is 16.3. The highest BCUT2D eigenvalue weighted by Gasteiger charge is 2.20. The van der Waals surface area contributed by atoms with E-state index in [4.69, 9.17) is 9.90 Å². The maximum atomic E-state index is 9.69. The molecule has 0 fully saturated rings. The first-order valence-corrected chi connectivity index (χ1v) is 16.4. The molecule has 1 aromatic heterocycles. The summed E-state index contributed by atoms with van der Waals surface area (Å²) in [6.45, 7) is 0. The second-order valence-electron chi connectivity index (χ2n) is 12.4. The zero-order valence-electron chi connectivity index (χ0n) is 31.3. The van der Waals surface area contributed by atoms with Crippen molar-refractivity contribution in [1.82, 2.24) is 0 Å². The lowest BCUT2D eigenvalue weighted by molar-refractivity contribution is 0.673. The van der Waals surface area contributed by atoms with Crippen LogP contribution in [0, 0.1) is 0 Å². The fourth-order valence-corrected chi connectivity index (χ4v) is 7.53. The van der Waals surface area contributed by atoms with Gasteiger partial charge in [0.1, 0.15) is 11.2 Å². The molecule has 228 valence electrons. The van der Waals surface area contributed by atoms with E-state index in [1.54, 1.807) is 0 Å². The van der Waals surface area contributed by atoms with Crippen molar-refractivity contribution in [3.05, 3.63) is 182 Å². The second kappa shape index (κ2) is 11.1. The van der Waals surface area contributed by atoms with Crippen molar-refractivity contribution in [1.29, 1.82) is 0 Å². The Morgan fingerprint density at radius 1 is 0.367 bits per heavy atom. The van der Waals surface area contributed by atoms with Crippen molar-refractivity contribution in [2.24, 2.45) is 0 Å². The van der Waals surface area contributed by atoms with Crippen LogP contribution < -0.4 is 0 Å². The number of rotatable bonds is 4. The van der Waals surface area contributed by atoms with E-state index in [1.807, 2.05) is 42.5 Å². The Morgan fingerprint density at radius 3 is 1.55 bits per heavy atom. The van der Waals surface area contributed by atoms with Crippen molar-refractivity contribution in [3.8, 4) is 44.5 Å². The number of benzene rings is 9. The fourth-order valence-electron chi connectivity index (χ4n) is 7.53. The number of fused-ring (bicyclic) bond motifs is 7. The molecule has 0 N–H and O–H groups in total. The van der Waals surface area contributed by atoms with Gasteiger partial charge in [-0.2, -0.15) is 0 Å². The molecule has 1 nitrogen and oxygen atoms in total. The molecule has 1 heterocycles. The fraction of sp³-hybridized carbons (Fsp3) is 0. The molecule has 0 radical (unpaired) electrons. The predicted molar refractivity (Wildman–Crippen MR) is 208 cm³/mol. The third kappa shape index (κ3) is 4.33. The first kappa shape index (κ1) is 23.0. The van der Waals surface area contributed by atoms with Crippen LogP contribution in [0.2, 0.25) is 0 Å². The van der Waals surface area contributed by atoms with Gasteiger partial charge in [-0.3, -0.25) is 0 Å². The first-order valence-electron chi connectivity index (χ1n) is 18.9. The van der Waals surface area contributed by atoms with Gasteiger partial charge in [-0.25, -0.2) is 0 Å². The van der Waals surface area contributed by atoms with Gasteiger partial charge in [0.25, 0.3) is 0 Å². The van der Waals surface area contributed by atoms with Gasteiger partial charge < -0.3 is 4.42 Å². The molecule has 0 aliphatic rings. The van der Waals surface area contributed by atoms with E-state index in [0.717, 1.165) is 49.4 Å². The van der Waals surface area contributed by atoms with Gasteiger partial charge in [0, 0.05) is 16.2 Å². The molecule has 0 spiro atoms. The standard InChI is InChI=1S/C48H30O/c1-3-15-31(16-4-1)34-19-7-9-21-36(34)47-39-24-12-10-22-37(39)46(38-23-11-13-25-40(38)47)33-27-28-45-43(29-33)44-30-42(32-17-5-2-6-18-32)35-20-8-14-26-41(35)48(44)49-45/h1-30H/i8D,14D,20D,26D,30D. The molecule has 49 heavy (non-hydrogen) atoms. The van der Waals surface area contributed by atoms with Crippen LogP contribution in [0.3, 0.4) is 0 Å². The Balaban J connectivity index is 1.31. The van der Waals surface area contributed by atoms with E-state index >= 15 is 0 Å². The van der Waals surface area contributed by atoms with E-state index in [9.17, 15) is 1.37 Å². The molecular formula is C48H30O. The summed E-state index contributed by atoms with van der Waals surface area (Å²) < 4.78 is 51.2. The molecule has 0 aliphatic heterocycles. The molecule has 0 aliphatic carbocycles. The van der Waals surface area contributed by atoms with Crippen LogP contribution in [-0.4, -0.2) is 0 Å². The number of hydrogen-bond acceptors (Lipinski definition) is 1. The van der Waals surface area contributed by atoms with Gasteiger partial charge >= 0.3 is 0 Å². The monoisotopic (exact) mass is 627 g/mol. The van der Waals surface area contributed by atoms with Crippen LogP contribution in [0.25, 0.3) is 98.8 Å². The zero-order chi connectivity index (χ0) is 36.7.